The highest BCUT2D eigenvalue weighted by Gasteiger charge is 2.33. The third-order valence-corrected chi connectivity index (χ3v) is 4.84. The van der Waals surface area contributed by atoms with Gasteiger partial charge in [0.05, 0.1) is 6.42 Å². The number of aryl methyl sites for hydroxylation is 1. The number of rotatable bonds is 4. The number of carbonyl (C=O) groups excluding carboxylic acids is 2. The number of hydrogen-bond donors (Lipinski definition) is 2. The van der Waals surface area contributed by atoms with E-state index in [9.17, 15) is 9.59 Å². The summed E-state index contributed by atoms with van der Waals surface area (Å²) < 4.78 is 1.46. The Labute approximate surface area is 166 Å². The lowest BCUT2D eigenvalue weighted by Gasteiger charge is -2.22. The van der Waals surface area contributed by atoms with Gasteiger partial charge in [0, 0.05) is 16.3 Å². The van der Waals surface area contributed by atoms with Crippen LogP contribution in [0.4, 0.5) is 11.6 Å². The number of benzene rings is 2. The van der Waals surface area contributed by atoms with Crippen molar-refractivity contribution in [2.24, 2.45) is 0 Å². The molecule has 2 N–H and O–H groups in total. The van der Waals surface area contributed by atoms with Gasteiger partial charge in [-0.2, -0.15) is 4.98 Å². The van der Waals surface area contributed by atoms with Crippen LogP contribution in [-0.2, 0) is 16.0 Å². The maximum Gasteiger partial charge on any atom is 0.249 e. The fourth-order valence-electron chi connectivity index (χ4n) is 3.04. The van der Waals surface area contributed by atoms with Crippen molar-refractivity contribution in [3.63, 3.8) is 0 Å². The third kappa shape index (κ3) is 3.61. The minimum atomic E-state index is -0.775. The molecule has 0 radical (unpaired) electrons. The molecule has 0 bridgehead atoms. The number of nitrogens with one attached hydrogen (secondary N) is 2. The van der Waals surface area contributed by atoms with Crippen LogP contribution in [0.5, 0.6) is 0 Å². The summed E-state index contributed by atoms with van der Waals surface area (Å²) in [6, 6.07) is 13.9. The molecule has 1 aliphatic rings. The molecule has 8 heteroatoms. The van der Waals surface area contributed by atoms with Crippen LogP contribution in [-0.4, -0.2) is 26.6 Å². The normalized spacial score (nSPS) is 15.6. The van der Waals surface area contributed by atoms with Gasteiger partial charge in [0.25, 0.3) is 0 Å². The molecule has 0 saturated heterocycles. The van der Waals surface area contributed by atoms with Crippen molar-refractivity contribution < 1.29 is 9.59 Å². The number of hydrogen-bond acceptors (Lipinski definition) is 4. The number of anilines is 2. The summed E-state index contributed by atoms with van der Waals surface area (Å²) in [5, 5.41) is 10.6. The second-order valence-corrected chi connectivity index (χ2v) is 6.95. The molecule has 2 amide bonds. The summed E-state index contributed by atoms with van der Waals surface area (Å²) in [5.41, 5.74) is 2.60. The molecule has 2 aromatic carbocycles. The molecule has 0 aliphatic carbocycles. The Morgan fingerprint density at radius 3 is 2.61 bits per heavy atom. The number of aromatic nitrogens is 3. The van der Waals surface area contributed by atoms with Gasteiger partial charge in [-0.3, -0.25) is 14.9 Å². The van der Waals surface area contributed by atoms with Gasteiger partial charge < -0.3 is 5.32 Å². The van der Waals surface area contributed by atoms with E-state index in [-0.39, 0.29) is 24.2 Å². The van der Waals surface area contributed by atoms with E-state index in [2.05, 4.69) is 27.6 Å². The molecular formula is C20H18ClN5O2. The molecule has 1 aromatic heterocycles. The highest BCUT2D eigenvalue weighted by Crippen LogP contribution is 2.28. The van der Waals surface area contributed by atoms with Gasteiger partial charge in [-0.15, -0.1) is 5.10 Å². The molecule has 4 rings (SSSR count). The number of amides is 2. The van der Waals surface area contributed by atoms with E-state index in [0.29, 0.717) is 16.5 Å². The van der Waals surface area contributed by atoms with Gasteiger partial charge >= 0.3 is 0 Å². The molecular weight excluding hydrogens is 378 g/mol. The molecule has 1 atom stereocenters. The van der Waals surface area contributed by atoms with Crippen molar-refractivity contribution in [3.05, 3.63) is 59.1 Å². The lowest BCUT2D eigenvalue weighted by Crippen LogP contribution is -2.36. The molecule has 7 nitrogen and oxygen atoms in total. The zero-order chi connectivity index (χ0) is 19.7. The van der Waals surface area contributed by atoms with Crippen LogP contribution < -0.4 is 10.6 Å². The summed E-state index contributed by atoms with van der Waals surface area (Å²) in [7, 11) is 0. The van der Waals surface area contributed by atoms with Crippen LogP contribution in [0.3, 0.4) is 0 Å². The molecule has 2 heterocycles. The summed E-state index contributed by atoms with van der Waals surface area (Å²) in [4.78, 5) is 29.3. The minimum absolute atomic E-state index is 0.00467. The number of nitrogens with zero attached hydrogens (tertiary/aromatic N) is 3. The van der Waals surface area contributed by atoms with E-state index >= 15 is 0 Å². The molecule has 0 spiro atoms. The third-order valence-electron chi connectivity index (χ3n) is 4.59. The highest BCUT2D eigenvalue weighted by molar-refractivity contribution is 6.30. The average molecular weight is 396 g/mol. The second-order valence-electron chi connectivity index (χ2n) is 6.52. The fraction of sp³-hybridized carbons (Fsp3) is 0.200. The predicted octanol–water partition coefficient (Wildman–Crippen LogP) is 3.68. The largest absolute Gasteiger partial charge is 0.324 e. The van der Waals surface area contributed by atoms with Gasteiger partial charge in [-0.25, -0.2) is 4.68 Å². The van der Waals surface area contributed by atoms with E-state index in [0.717, 1.165) is 12.0 Å². The summed E-state index contributed by atoms with van der Waals surface area (Å²) in [6.07, 6.45) is 0.919. The predicted molar refractivity (Wildman–Crippen MR) is 107 cm³/mol. The van der Waals surface area contributed by atoms with E-state index < -0.39 is 6.04 Å². The van der Waals surface area contributed by atoms with Crippen molar-refractivity contribution in [2.45, 2.75) is 25.8 Å². The maximum atomic E-state index is 12.8. The van der Waals surface area contributed by atoms with E-state index in [1.54, 1.807) is 24.3 Å². The first-order valence-corrected chi connectivity index (χ1v) is 9.33. The van der Waals surface area contributed by atoms with E-state index in [1.807, 2.05) is 24.3 Å². The smallest absolute Gasteiger partial charge is 0.249 e. The van der Waals surface area contributed by atoms with Gasteiger partial charge in [-0.1, -0.05) is 30.7 Å². The Balaban J connectivity index is 1.61. The van der Waals surface area contributed by atoms with Crippen LogP contribution in [0.1, 0.15) is 24.9 Å². The first-order chi connectivity index (χ1) is 13.5. The van der Waals surface area contributed by atoms with Crippen molar-refractivity contribution >= 4 is 35.1 Å². The van der Waals surface area contributed by atoms with Gasteiger partial charge in [0.2, 0.25) is 17.8 Å². The van der Waals surface area contributed by atoms with Crippen LogP contribution >= 0.6 is 11.6 Å². The monoisotopic (exact) mass is 395 g/mol. The fourth-order valence-corrected chi connectivity index (χ4v) is 3.16. The Kier molecular flexibility index (Phi) is 4.83. The van der Waals surface area contributed by atoms with Crippen LogP contribution in [0.2, 0.25) is 5.02 Å². The summed E-state index contributed by atoms with van der Waals surface area (Å²) in [5.74, 6) is 0.0820. The second kappa shape index (κ2) is 7.44. The summed E-state index contributed by atoms with van der Waals surface area (Å²) in [6.45, 7) is 2.07. The van der Waals surface area contributed by atoms with Crippen LogP contribution in [0, 0.1) is 0 Å². The summed E-state index contributed by atoms with van der Waals surface area (Å²) >= 11 is 5.92. The standard InChI is InChI=1S/C20H18ClN5O2/c1-2-12-3-9-15(10-4-12)22-19(28)16-11-17(27)23-20-24-18(25-26(16)20)13-5-7-14(21)8-6-13/h3-10,16H,2,11H2,1H3,(H,22,28)(H,23,24,25,27)/t16-/m0/s1. The first kappa shape index (κ1) is 18.2. The van der Waals surface area contributed by atoms with Crippen molar-refractivity contribution in [2.75, 3.05) is 10.6 Å². The molecule has 1 aliphatic heterocycles. The molecule has 0 fully saturated rings. The zero-order valence-corrected chi connectivity index (χ0v) is 15.9. The van der Waals surface area contributed by atoms with Crippen LogP contribution in [0.15, 0.2) is 48.5 Å². The Bertz CT molecular complexity index is 1030. The Morgan fingerprint density at radius 2 is 1.93 bits per heavy atom. The Hall–Kier alpha value is -3.19. The minimum Gasteiger partial charge on any atom is -0.324 e. The Morgan fingerprint density at radius 1 is 1.21 bits per heavy atom. The highest BCUT2D eigenvalue weighted by atomic mass is 35.5. The molecule has 0 saturated carbocycles. The molecule has 28 heavy (non-hydrogen) atoms. The molecule has 0 unspecified atom stereocenters. The number of halogens is 1. The lowest BCUT2D eigenvalue weighted by atomic mass is 10.1. The average Bonchev–Trinajstić information content (AvgIpc) is 3.12. The number of fused-ring (bicyclic) bond motifs is 1. The van der Waals surface area contributed by atoms with Gasteiger partial charge in [0.15, 0.2) is 5.82 Å². The van der Waals surface area contributed by atoms with E-state index in [4.69, 9.17) is 11.6 Å². The van der Waals surface area contributed by atoms with Crippen molar-refractivity contribution in [1.29, 1.82) is 0 Å². The quantitative estimate of drug-likeness (QED) is 0.705. The SMILES string of the molecule is CCc1ccc(NC(=O)[C@@H]2CC(=O)Nc3nc(-c4ccc(Cl)cc4)nn32)cc1. The van der Waals surface area contributed by atoms with Crippen molar-refractivity contribution in [1.82, 2.24) is 14.8 Å². The lowest BCUT2D eigenvalue weighted by molar-refractivity contribution is -0.125. The molecule has 3 aromatic rings. The first-order valence-electron chi connectivity index (χ1n) is 8.95. The van der Waals surface area contributed by atoms with Gasteiger partial charge in [0.1, 0.15) is 6.04 Å². The van der Waals surface area contributed by atoms with Crippen LogP contribution in [0.25, 0.3) is 11.4 Å². The van der Waals surface area contributed by atoms with Gasteiger partial charge in [-0.05, 0) is 48.4 Å². The maximum absolute atomic E-state index is 12.8. The van der Waals surface area contributed by atoms with Crippen molar-refractivity contribution in [3.8, 4) is 11.4 Å². The molecule has 142 valence electrons. The zero-order valence-electron chi connectivity index (χ0n) is 15.1. The number of carbonyl (C=O) groups is 2. The van der Waals surface area contributed by atoms with E-state index in [1.165, 1.54) is 10.2 Å². The topological polar surface area (TPSA) is 88.9 Å².